The Bertz CT molecular complexity index is 984. The maximum Gasteiger partial charge on any atom is 0.227 e. The van der Waals surface area contributed by atoms with E-state index in [4.69, 9.17) is 16.3 Å². The zero-order valence-corrected chi connectivity index (χ0v) is 20.1. The van der Waals surface area contributed by atoms with E-state index in [2.05, 4.69) is 4.90 Å². The molecule has 1 amide bonds. The molecule has 1 spiro atoms. The molecular formula is C25H30ClFN2O2S. The van der Waals surface area contributed by atoms with Crippen LogP contribution >= 0.6 is 22.9 Å². The van der Waals surface area contributed by atoms with Crippen LogP contribution in [0.2, 0.25) is 5.02 Å². The van der Waals surface area contributed by atoms with Gasteiger partial charge in [0, 0.05) is 42.6 Å². The summed E-state index contributed by atoms with van der Waals surface area (Å²) in [6.07, 6.45) is 5.32. The molecule has 4 nitrogen and oxygen atoms in total. The number of hydrogen-bond acceptors (Lipinski definition) is 4. The minimum Gasteiger partial charge on any atom is -0.369 e. The lowest BCUT2D eigenvalue weighted by atomic mass is 9.85. The Morgan fingerprint density at radius 1 is 1.34 bits per heavy atom. The molecule has 7 heteroatoms. The first-order valence-electron chi connectivity index (χ1n) is 11.6. The molecule has 1 aromatic carbocycles. The van der Waals surface area contributed by atoms with E-state index in [1.54, 1.807) is 6.07 Å². The van der Waals surface area contributed by atoms with Gasteiger partial charge in [0.25, 0.3) is 0 Å². The van der Waals surface area contributed by atoms with Crippen LogP contribution < -0.4 is 0 Å². The summed E-state index contributed by atoms with van der Waals surface area (Å²) in [6.45, 7) is 3.06. The topological polar surface area (TPSA) is 32.8 Å². The number of carbonyl (C=O) groups excluding carboxylic acids is 1. The summed E-state index contributed by atoms with van der Waals surface area (Å²) in [5, 5.41) is 0.607. The fraction of sp³-hybridized carbons (Fsp3) is 0.560. The fourth-order valence-corrected chi connectivity index (χ4v) is 6.61. The van der Waals surface area contributed by atoms with Crippen LogP contribution in [0, 0.1) is 11.0 Å². The average Bonchev–Trinajstić information content (AvgIpc) is 3.56. The van der Waals surface area contributed by atoms with E-state index in [0.29, 0.717) is 25.6 Å². The van der Waals surface area contributed by atoms with Crippen LogP contribution in [0.4, 0.5) is 4.39 Å². The number of rotatable bonds is 6. The molecule has 3 heterocycles. The molecule has 1 atom stereocenters. The van der Waals surface area contributed by atoms with E-state index in [9.17, 15) is 9.18 Å². The summed E-state index contributed by atoms with van der Waals surface area (Å²) in [6, 6.07) is 9.90. The summed E-state index contributed by atoms with van der Waals surface area (Å²) in [4.78, 5) is 18.8. The van der Waals surface area contributed by atoms with E-state index >= 15 is 0 Å². The Morgan fingerprint density at radius 2 is 2.09 bits per heavy atom. The highest BCUT2D eigenvalue weighted by Gasteiger charge is 2.43. The van der Waals surface area contributed by atoms with E-state index in [0.717, 1.165) is 66.2 Å². The second kappa shape index (κ2) is 9.05. The van der Waals surface area contributed by atoms with Crippen molar-refractivity contribution in [3.05, 3.63) is 56.5 Å². The predicted molar refractivity (Wildman–Crippen MR) is 126 cm³/mol. The molecule has 1 saturated carbocycles. The van der Waals surface area contributed by atoms with Crippen LogP contribution in [0.5, 0.6) is 0 Å². The van der Waals surface area contributed by atoms with Crippen molar-refractivity contribution in [1.29, 1.82) is 0 Å². The number of hydrogen-bond donors (Lipinski definition) is 0. The third-order valence-electron chi connectivity index (χ3n) is 7.30. The van der Waals surface area contributed by atoms with Gasteiger partial charge in [-0.25, -0.2) is 0 Å². The van der Waals surface area contributed by atoms with Gasteiger partial charge in [0.05, 0.1) is 12.5 Å². The summed E-state index contributed by atoms with van der Waals surface area (Å²) < 4.78 is 20.2. The molecule has 0 N–H and O–H groups in total. The van der Waals surface area contributed by atoms with Gasteiger partial charge in [-0.3, -0.25) is 4.79 Å². The van der Waals surface area contributed by atoms with E-state index in [1.165, 1.54) is 11.3 Å². The number of amides is 1. The summed E-state index contributed by atoms with van der Waals surface area (Å²) in [5.74, 6) is 0.0841. The van der Waals surface area contributed by atoms with Crippen LogP contribution in [-0.4, -0.2) is 55.0 Å². The molecule has 1 aromatic heterocycles. The van der Waals surface area contributed by atoms with E-state index in [-0.39, 0.29) is 22.6 Å². The van der Waals surface area contributed by atoms with Gasteiger partial charge in [0.1, 0.15) is 5.60 Å². The Kier molecular flexibility index (Phi) is 6.32. The van der Waals surface area contributed by atoms with Crippen molar-refractivity contribution < 1.29 is 13.9 Å². The van der Waals surface area contributed by atoms with Gasteiger partial charge >= 0.3 is 0 Å². The SMILES string of the molecule is CN(C(=O)[C@H](Cc1ccccc1Cl)CN1CCC2(CC1)OCCc1cc(F)sc12)C1CC1. The van der Waals surface area contributed by atoms with Crippen molar-refractivity contribution >= 4 is 28.8 Å². The van der Waals surface area contributed by atoms with Crippen molar-refractivity contribution in [2.24, 2.45) is 5.92 Å². The van der Waals surface area contributed by atoms with Crippen LogP contribution in [0.3, 0.4) is 0 Å². The predicted octanol–water partition coefficient (Wildman–Crippen LogP) is 4.88. The van der Waals surface area contributed by atoms with Crippen molar-refractivity contribution in [3.63, 3.8) is 0 Å². The lowest BCUT2D eigenvalue weighted by Crippen LogP contribution is -2.49. The zero-order chi connectivity index (χ0) is 22.3. The molecule has 1 saturated heterocycles. The molecule has 1 aliphatic carbocycles. The van der Waals surface area contributed by atoms with Gasteiger partial charge in [-0.2, -0.15) is 4.39 Å². The quantitative estimate of drug-likeness (QED) is 0.595. The third kappa shape index (κ3) is 4.47. The van der Waals surface area contributed by atoms with Gasteiger partial charge in [-0.15, -0.1) is 11.3 Å². The van der Waals surface area contributed by atoms with Crippen LogP contribution in [-0.2, 0) is 28.0 Å². The zero-order valence-electron chi connectivity index (χ0n) is 18.5. The molecule has 0 bridgehead atoms. The molecule has 0 radical (unpaired) electrons. The number of piperidine rings is 1. The number of halogens is 2. The highest BCUT2D eigenvalue weighted by atomic mass is 35.5. The van der Waals surface area contributed by atoms with Gasteiger partial charge < -0.3 is 14.5 Å². The molecule has 3 aliphatic rings. The molecular weight excluding hydrogens is 447 g/mol. The molecule has 5 rings (SSSR count). The van der Waals surface area contributed by atoms with Crippen molar-refractivity contribution in [1.82, 2.24) is 9.80 Å². The smallest absolute Gasteiger partial charge is 0.227 e. The van der Waals surface area contributed by atoms with Crippen molar-refractivity contribution in [2.75, 3.05) is 33.3 Å². The Balaban J connectivity index is 1.29. The van der Waals surface area contributed by atoms with Gasteiger partial charge in [0.15, 0.2) is 5.13 Å². The minimum absolute atomic E-state index is 0.115. The number of benzene rings is 1. The van der Waals surface area contributed by atoms with Crippen molar-refractivity contribution in [2.45, 2.75) is 50.2 Å². The number of likely N-dealkylation sites (tertiary alicyclic amines) is 1. The molecule has 2 fully saturated rings. The number of nitrogens with zero attached hydrogens (tertiary/aromatic N) is 2. The van der Waals surface area contributed by atoms with Crippen molar-refractivity contribution in [3.8, 4) is 0 Å². The minimum atomic E-state index is -0.355. The first-order chi connectivity index (χ1) is 15.4. The number of fused-ring (bicyclic) bond motifs is 2. The van der Waals surface area contributed by atoms with Gasteiger partial charge in [-0.05, 0) is 61.8 Å². The normalized spacial score (nSPS) is 21.3. The standard InChI is InChI=1S/C25H30ClFN2O2S/c1-28(20-6-7-20)24(30)19(14-17-4-2-3-5-21(17)26)16-29-11-9-25(10-12-29)23-18(8-13-31-25)15-22(27)32-23/h2-5,15,19-20H,6-14,16H2,1H3/t19-/m1/s1. The van der Waals surface area contributed by atoms with Crippen LogP contribution in [0.1, 0.15) is 41.7 Å². The maximum absolute atomic E-state index is 14.0. The lowest BCUT2D eigenvalue weighted by molar-refractivity contribution is -0.136. The first-order valence-corrected chi connectivity index (χ1v) is 12.8. The Hall–Kier alpha value is -1.47. The maximum atomic E-state index is 14.0. The highest BCUT2D eigenvalue weighted by molar-refractivity contribution is 7.10. The van der Waals surface area contributed by atoms with Crippen LogP contribution in [0.15, 0.2) is 30.3 Å². The van der Waals surface area contributed by atoms with E-state index < -0.39 is 0 Å². The summed E-state index contributed by atoms with van der Waals surface area (Å²) in [7, 11) is 1.94. The van der Waals surface area contributed by atoms with Gasteiger partial charge in [-0.1, -0.05) is 29.8 Å². The summed E-state index contributed by atoms with van der Waals surface area (Å²) in [5.41, 5.74) is 1.79. The van der Waals surface area contributed by atoms with E-state index in [1.807, 2.05) is 36.2 Å². The lowest BCUT2D eigenvalue weighted by Gasteiger charge is -2.44. The average molecular weight is 477 g/mol. The molecule has 2 aromatic rings. The first kappa shape index (κ1) is 22.3. The molecule has 2 aliphatic heterocycles. The van der Waals surface area contributed by atoms with Crippen LogP contribution in [0.25, 0.3) is 0 Å². The number of ether oxygens (including phenoxy) is 1. The number of thiophene rings is 1. The van der Waals surface area contributed by atoms with Gasteiger partial charge in [0.2, 0.25) is 5.91 Å². The second-order valence-electron chi connectivity index (χ2n) is 9.47. The summed E-state index contributed by atoms with van der Waals surface area (Å²) >= 11 is 7.68. The highest BCUT2D eigenvalue weighted by Crippen LogP contribution is 2.45. The largest absolute Gasteiger partial charge is 0.369 e. The Labute approximate surface area is 198 Å². The second-order valence-corrected chi connectivity index (χ2v) is 10.9. The fourth-order valence-electron chi connectivity index (χ4n) is 5.26. The molecule has 0 unspecified atom stereocenters. The molecule has 172 valence electrons. The number of carbonyl (C=O) groups is 1. The Morgan fingerprint density at radius 3 is 2.81 bits per heavy atom. The molecule has 32 heavy (non-hydrogen) atoms. The monoisotopic (exact) mass is 476 g/mol. The third-order valence-corrected chi connectivity index (χ3v) is 8.82.